The van der Waals surface area contributed by atoms with E-state index in [9.17, 15) is 0 Å². The summed E-state index contributed by atoms with van der Waals surface area (Å²) in [6.45, 7) is 4.32. The van der Waals surface area contributed by atoms with Crippen LogP contribution in [0.2, 0.25) is 0 Å². The van der Waals surface area contributed by atoms with Crippen molar-refractivity contribution in [3.8, 4) is 0 Å². The summed E-state index contributed by atoms with van der Waals surface area (Å²) in [5, 5.41) is 8.32. The van der Waals surface area contributed by atoms with Crippen LogP contribution < -0.4 is 10.6 Å². The lowest BCUT2D eigenvalue weighted by atomic mass is 10.2. The van der Waals surface area contributed by atoms with E-state index in [4.69, 9.17) is 0 Å². The fourth-order valence-corrected chi connectivity index (χ4v) is 2.44. The van der Waals surface area contributed by atoms with Gasteiger partial charge in [-0.1, -0.05) is 18.2 Å². The van der Waals surface area contributed by atoms with Crippen molar-refractivity contribution in [1.29, 1.82) is 0 Å². The van der Waals surface area contributed by atoms with Crippen molar-refractivity contribution in [3.05, 3.63) is 30.0 Å². The largest absolute Gasteiger partial charge is 0.379 e. The lowest BCUT2D eigenvalue weighted by Gasteiger charge is -2.12. The maximum atomic E-state index is 3.64. The quantitative estimate of drug-likeness (QED) is 0.719. The minimum atomic E-state index is 0.568. The molecule has 1 fully saturated rings. The predicted octanol–water partition coefficient (Wildman–Crippen LogP) is 2.25. The number of aromatic amines is 1. The van der Waals surface area contributed by atoms with Crippen LogP contribution >= 0.6 is 0 Å². The zero-order valence-corrected chi connectivity index (χ0v) is 9.51. The molecular weight excluding hydrogens is 198 g/mol. The average Bonchev–Trinajstić information content (AvgIpc) is 2.89. The first-order valence-electron chi connectivity index (χ1n) is 5.89. The van der Waals surface area contributed by atoms with E-state index in [2.05, 4.69) is 46.8 Å². The van der Waals surface area contributed by atoms with Gasteiger partial charge in [0, 0.05) is 29.2 Å². The molecule has 1 aliphatic heterocycles. The molecule has 3 heteroatoms. The first-order valence-corrected chi connectivity index (χ1v) is 5.89. The van der Waals surface area contributed by atoms with Crippen LogP contribution in [-0.4, -0.2) is 24.1 Å². The lowest BCUT2D eigenvalue weighted by Crippen LogP contribution is -2.22. The maximum absolute atomic E-state index is 3.64. The summed E-state index contributed by atoms with van der Waals surface area (Å²) in [7, 11) is 0. The number of hydrogen-bond donors (Lipinski definition) is 3. The van der Waals surface area contributed by atoms with Crippen molar-refractivity contribution >= 4 is 16.6 Å². The lowest BCUT2D eigenvalue weighted by molar-refractivity contribution is 0.793. The number of nitrogens with one attached hydrogen (secondary N) is 3. The summed E-state index contributed by atoms with van der Waals surface area (Å²) < 4.78 is 0. The molecular formula is C13H17N3. The first-order chi connectivity index (χ1) is 7.84. The third-order valence-corrected chi connectivity index (χ3v) is 3.30. The summed E-state index contributed by atoms with van der Waals surface area (Å²) in [6, 6.07) is 9.02. The topological polar surface area (TPSA) is 39.9 Å². The Morgan fingerprint density at radius 3 is 3.00 bits per heavy atom. The number of para-hydroxylation sites is 1. The van der Waals surface area contributed by atoms with E-state index >= 15 is 0 Å². The van der Waals surface area contributed by atoms with E-state index in [-0.39, 0.29) is 0 Å². The Bertz CT molecular complexity index is 495. The van der Waals surface area contributed by atoms with E-state index < -0.39 is 0 Å². The number of aryl methyl sites for hydroxylation is 1. The van der Waals surface area contributed by atoms with Crippen LogP contribution in [0.4, 0.5) is 5.69 Å². The third-order valence-electron chi connectivity index (χ3n) is 3.30. The van der Waals surface area contributed by atoms with Crippen LogP contribution in [0.5, 0.6) is 0 Å². The van der Waals surface area contributed by atoms with Crippen molar-refractivity contribution in [2.45, 2.75) is 19.4 Å². The molecule has 3 rings (SSSR count). The van der Waals surface area contributed by atoms with Gasteiger partial charge in [0.2, 0.25) is 0 Å². The predicted molar refractivity (Wildman–Crippen MR) is 67.9 cm³/mol. The summed E-state index contributed by atoms with van der Waals surface area (Å²) in [6.07, 6.45) is 1.21. The number of benzene rings is 1. The molecule has 0 aliphatic carbocycles. The Hall–Kier alpha value is -1.48. The Balaban J connectivity index is 1.98. The molecule has 0 saturated carbocycles. The smallest absolute Gasteiger partial charge is 0.0630 e. The van der Waals surface area contributed by atoms with E-state index in [1.165, 1.54) is 28.7 Å². The van der Waals surface area contributed by atoms with Gasteiger partial charge < -0.3 is 15.6 Å². The second-order valence-electron chi connectivity index (χ2n) is 4.50. The SMILES string of the molecule is Cc1[nH]c2ccccc2c1NC1CCNC1. The van der Waals surface area contributed by atoms with Gasteiger partial charge in [0.05, 0.1) is 5.69 Å². The summed E-state index contributed by atoms with van der Waals surface area (Å²) in [5.41, 5.74) is 3.71. The zero-order chi connectivity index (χ0) is 11.0. The van der Waals surface area contributed by atoms with Gasteiger partial charge in [0.15, 0.2) is 0 Å². The number of fused-ring (bicyclic) bond motifs is 1. The molecule has 0 amide bonds. The molecule has 1 unspecified atom stereocenters. The number of H-pyrrole nitrogens is 1. The molecule has 3 N–H and O–H groups in total. The van der Waals surface area contributed by atoms with Crippen LogP contribution in [0.1, 0.15) is 12.1 Å². The fourth-order valence-electron chi connectivity index (χ4n) is 2.44. The fraction of sp³-hybridized carbons (Fsp3) is 0.385. The Kier molecular flexibility index (Phi) is 2.33. The van der Waals surface area contributed by atoms with Gasteiger partial charge >= 0.3 is 0 Å². The molecule has 1 aromatic carbocycles. The van der Waals surface area contributed by atoms with E-state index in [0.29, 0.717) is 6.04 Å². The highest BCUT2D eigenvalue weighted by molar-refractivity contribution is 5.94. The van der Waals surface area contributed by atoms with Crippen LogP contribution in [0, 0.1) is 6.92 Å². The van der Waals surface area contributed by atoms with Gasteiger partial charge in [-0.15, -0.1) is 0 Å². The standard InChI is InChI=1S/C13H17N3/c1-9-13(16-10-6-7-14-8-10)11-4-2-3-5-12(11)15-9/h2-5,10,14-16H,6-8H2,1H3. The molecule has 16 heavy (non-hydrogen) atoms. The maximum Gasteiger partial charge on any atom is 0.0630 e. The van der Waals surface area contributed by atoms with Gasteiger partial charge in [-0.3, -0.25) is 0 Å². The van der Waals surface area contributed by atoms with E-state index in [0.717, 1.165) is 13.1 Å². The molecule has 1 saturated heterocycles. The minimum absolute atomic E-state index is 0.568. The van der Waals surface area contributed by atoms with Crippen molar-refractivity contribution < 1.29 is 0 Å². The van der Waals surface area contributed by atoms with Crippen LogP contribution in [0.15, 0.2) is 24.3 Å². The number of hydrogen-bond acceptors (Lipinski definition) is 2. The molecule has 2 aromatic rings. The highest BCUT2D eigenvalue weighted by Crippen LogP contribution is 2.28. The number of rotatable bonds is 2. The molecule has 2 heterocycles. The second-order valence-corrected chi connectivity index (χ2v) is 4.50. The average molecular weight is 215 g/mol. The van der Waals surface area contributed by atoms with Crippen LogP contribution in [0.25, 0.3) is 10.9 Å². The van der Waals surface area contributed by atoms with Crippen molar-refractivity contribution in [3.63, 3.8) is 0 Å². The zero-order valence-electron chi connectivity index (χ0n) is 9.51. The normalized spacial score (nSPS) is 20.4. The van der Waals surface area contributed by atoms with Gasteiger partial charge in [-0.2, -0.15) is 0 Å². The molecule has 3 nitrogen and oxygen atoms in total. The molecule has 1 atom stereocenters. The Labute approximate surface area is 95.2 Å². The van der Waals surface area contributed by atoms with Crippen molar-refractivity contribution in [2.24, 2.45) is 0 Å². The summed E-state index contributed by atoms with van der Waals surface area (Å²) in [5.74, 6) is 0. The monoisotopic (exact) mass is 215 g/mol. The Morgan fingerprint density at radius 2 is 2.19 bits per heavy atom. The number of aromatic nitrogens is 1. The molecule has 1 aromatic heterocycles. The third kappa shape index (κ3) is 1.57. The van der Waals surface area contributed by atoms with Gasteiger partial charge in [-0.05, 0) is 26.0 Å². The molecule has 0 spiro atoms. The van der Waals surface area contributed by atoms with Crippen molar-refractivity contribution in [1.82, 2.24) is 10.3 Å². The minimum Gasteiger partial charge on any atom is -0.379 e. The molecule has 0 bridgehead atoms. The first kappa shape index (κ1) is 9.73. The molecule has 0 radical (unpaired) electrons. The van der Waals surface area contributed by atoms with Crippen molar-refractivity contribution in [2.75, 3.05) is 18.4 Å². The van der Waals surface area contributed by atoms with Crippen LogP contribution in [-0.2, 0) is 0 Å². The highest BCUT2D eigenvalue weighted by Gasteiger charge is 2.16. The van der Waals surface area contributed by atoms with Crippen LogP contribution in [0.3, 0.4) is 0 Å². The van der Waals surface area contributed by atoms with Gasteiger partial charge in [0.1, 0.15) is 0 Å². The highest BCUT2D eigenvalue weighted by atomic mass is 15.0. The molecule has 1 aliphatic rings. The second kappa shape index (κ2) is 3.83. The van der Waals surface area contributed by atoms with E-state index in [1.54, 1.807) is 0 Å². The summed E-state index contributed by atoms with van der Waals surface area (Å²) in [4.78, 5) is 3.42. The number of anilines is 1. The van der Waals surface area contributed by atoms with Gasteiger partial charge in [0.25, 0.3) is 0 Å². The van der Waals surface area contributed by atoms with Gasteiger partial charge in [-0.25, -0.2) is 0 Å². The van der Waals surface area contributed by atoms with E-state index in [1.807, 2.05) is 0 Å². The Morgan fingerprint density at radius 1 is 1.31 bits per heavy atom. The molecule has 84 valence electrons. The summed E-state index contributed by atoms with van der Waals surface area (Å²) >= 11 is 0.